The van der Waals surface area contributed by atoms with E-state index in [0.717, 1.165) is 70.6 Å². The smallest absolute Gasteiger partial charge is 0.387 e. The first-order chi connectivity index (χ1) is 34.0. The van der Waals surface area contributed by atoms with Crippen molar-refractivity contribution in [1.82, 2.24) is 5.32 Å². The van der Waals surface area contributed by atoms with Gasteiger partial charge in [-0.1, -0.05) is 253 Å². The molecule has 3 atom stereocenters. The quantitative estimate of drug-likeness (QED) is 0.0243. The van der Waals surface area contributed by atoms with Gasteiger partial charge in [-0.25, -0.2) is 4.57 Å². The van der Waals surface area contributed by atoms with E-state index < -0.39 is 20.0 Å². The van der Waals surface area contributed by atoms with E-state index in [9.17, 15) is 19.4 Å². The molecule has 0 aromatic heterocycles. The predicted molar refractivity (Wildman–Crippen MR) is 304 cm³/mol. The molecule has 1 amide bonds. The summed E-state index contributed by atoms with van der Waals surface area (Å²) in [7, 11) is 1.53. The molecule has 0 heterocycles. The van der Waals surface area contributed by atoms with Gasteiger partial charge in [-0.3, -0.25) is 13.8 Å². The monoisotopic (exact) mass is 1000 g/mol. The Labute approximate surface area is 433 Å². The van der Waals surface area contributed by atoms with Crippen LogP contribution in [-0.2, 0) is 18.4 Å². The van der Waals surface area contributed by atoms with Crippen LogP contribution in [0.4, 0.5) is 0 Å². The third-order valence-corrected chi connectivity index (χ3v) is 13.6. The van der Waals surface area contributed by atoms with E-state index in [1.165, 1.54) is 148 Å². The number of hydrogen-bond donors (Lipinski definition) is 3. The number of phosphoric acid groups is 1. The molecule has 9 heteroatoms. The Hall–Kier alpha value is -2.32. The normalized spacial score (nSPS) is 14.6. The molecule has 0 aromatic carbocycles. The van der Waals surface area contributed by atoms with Crippen molar-refractivity contribution in [3.05, 3.63) is 85.1 Å². The summed E-state index contributed by atoms with van der Waals surface area (Å²) in [4.78, 5) is 23.3. The molecule has 0 spiro atoms. The molecule has 0 fully saturated rings. The van der Waals surface area contributed by atoms with Crippen LogP contribution in [0.3, 0.4) is 0 Å². The summed E-state index contributed by atoms with van der Waals surface area (Å²) in [5.41, 5.74) is 0. The van der Waals surface area contributed by atoms with Gasteiger partial charge in [-0.2, -0.15) is 0 Å². The molecule has 0 saturated carbocycles. The number of amides is 1. The minimum Gasteiger partial charge on any atom is -0.387 e. The molecule has 0 rings (SSSR count). The number of aliphatic hydroxyl groups is 1. The zero-order chi connectivity index (χ0) is 51.3. The lowest BCUT2D eigenvalue weighted by molar-refractivity contribution is -0.870. The second kappa shape index (κ2) is 51.6. The zero-order valence-corrected chi connectivity index (χ0v) is 47.1. The lowest BCUT2D eigenvalue weighted by Crippen LogP contribution is -2.45. The SMILES string of the molecule is CC/C=C\C/C=C\C/C=C\C/C=C\C/C=C\C/C=C\CCCCC(=O)NC(COP(=O)(O)OCC[N+](C)(C)C)C(O)/C=C/CCCCCCCCCCCCCCCCCCCCCCCCCCC. The first-order valence-electron chi connectivity index (χ1n) is 29.0. The molecule has 3 unspecified atom stereocenters. The number of hydrogen-bond acceptors (Lipinski definition) is 5. The Kier molecular flexibility index (Phi) is 49.9. The number of nitrogens with one attached hydrogen (secondary N) is 1. The molecule has 0 radical (unpaired) electrons. The second-order valence-corrected chi connectivity index (χ2v) is 22.1. The number of phosphoric ester groups is 1. The molecular formula is C61H112N2O6P+. The summed E-state index contributed by atoms with van der Waals surface area (Å²) < 4.78 is 23.7. The van der Waals surface area contributed by atoms with Gasteiger partial charge in [0, 0.05) is 6.42 Å². The molecule has 0 saturated heterocycles. The summed E-state index contributed by atoms with van der Waals surface area (Å²) >= 11 is 0. The number of unbranched alkanes of at least 4 members (excludes halogenated alkanes) is 27. The van der Waals surface area contributed by atoms with Gasteiger partial charge in [-0.15, -0.1) is 0 Å². The fraction of sp³-hybridized carbons (Fsp3) is 0.754. The van der Waals surface area contributed by atoms with Crippen molar-refractivity contribution >= 4 is 13.7 Å². The van der Waals surface area contributed by atoms with Crippen LogP contribution in [0.5, 0.6) is 0 Å². The lowest BCUT2D eigenvalue weighted by Gasteiger charge is -2.25. The Balaban J connectivity index is 4.29. The standard InChI is InChI=1S/C61H111N2O6P/c1-6-8-10-12-14-16-18-20-22-24-26-28-29-30-31-32-33-35-36-38-40-42-44-46-48-50-52-54-60(64)59(58-69-70(66,67)68-57-56-63(3,4)5)62-61(65)55-53-51-49-47-45-43-41-39-37-34-27-25-23-21-19-17-15-13-11-9-7-2/h9,11,15,17,21,23,27,34,39,41,45,47,52,54,59-60,64H,6-8,10,12-14,16,18-20,22,24-26,28-33,35-38,40,42-44,46,48-51,53,55-58H2,1-5H3,(H-,62,65,66,67)/p+1/b11-9-,17-15-,23-21-,34-27-,41-39-,47-45-,54-52+. The highest BCUT2D eigenvalue weighted by Gasteiger charge is 2.27. The maximum atomic E-state index is 13.0. The van der Waals surface area contributed by atoms with Crippen LogP contribution in [0.15, 0.2) is 85.1 Å². The van der Waals surface area contributed by atoms with Crippen LogP contribution in [-0.4, -0.2) is 73.4 Å². The largest absolute Gasteiger partial charge is 0.472 e. The van der Waals surface area contributed by atoms with E-state index in [4.69, 9.17) is 9.05 Å². The van der Waals surface area contributed by atoms with Crippen LogP contribution in [0.1, 0.15) is 245 Å². The molecule has 0 aliphatic heterocycles. The summed E-state index contributed by atoms with van der Waals surface area (Å²) in [6, 6.07) is -0.876. The van der Waals surface area contributed by atoms with Gasteiger partial charge in [0.05, 0.1) is 39.9 Å². The van der Waals surface area contributed by atoms with E-state index in [2.05, 4.69) is 92.1 Å². The number of allylic oxidation sites excluding steroid dienone is 13. The van der Waals surface area contributed by atoms with Crippen LogP contribution in [0.2, 0.25) is 0 Å². The van der Waals surface area contributed by atoms with Crippen molar-refractivity contribution in [2.45, 2.75) is 257 Å². The molecule has 3 N–H and O–H groups in total. The number of likely N-dealkylation sites (N-methyl/N-ethyl adjacent to an activating group) is 1. The van der Waals surface area contributed by atoms with E-state index >= 15 is 0 Å². The third kappa shape index (κ3) is 53.5. The maximum absolute atomic E-state index is 13.0. The number of carbonyl (C=O) groups is 1. The minimum absolute atomic E-state index is 0.0487. The van der Waals surface area contributed by atoms with Crippen molar-refractivity contribution in [2.24, 2.45) is 0 Å². The Morgan fingerprint density at radius 3 is 1.26 bits per heavy atom. The van der Waals surface area contributed by atoms with Crippen molar-refractivity contribution < 1.29 is 32.9 Å². The van der Waals surface area contributed by atoms with Crippen LogP contribution >= 0.6 is 7.82 Å². The average molecular weight is 1000 g/mol. The predicted octanol–water partition coefficient (Wildman–Crippen LogP) is 17.6. The number of nitrogens with zero attached hydrogens (tertiary/aromatic N) is 1. The van der Waals surface area contributed by atoms with E-state index in [1.54, 1.807) is 6.08 Å². The number of carbonyl (C=O) groups excluding carboxylic acids is 1. The Bertz CT molecular complexity index is 1410. The Morgan fingerprint density at radius 2 is 0.857 bits per heavy atom. The molecule has 0 aromatic rings. The van der Waals surface area contributed by atoms with Crippen LogP contribution < -0.4 is 5.32 Å². The maximum Gasteiger partial charge on any atom is 0.472 e. The Morgan fingerprint density at radius 1 is 0.500 bits per heavy atom. The number of rotatable bonds is 52. The van der Waals surface area contributed by atoms with Gasteiger partial charge < -0.3 is 19.8 Å². The highest BCUT2D eigenvalue weighted by Crippen LogP contribution is 2.43. The zero-order valence-electron chi connectivity index (χ0n) is 46.2. The third-order valence-electron chi connectivity index (χ3n) is 12.6. The van der Waals surface area contributed by atoms with E-state index in [-0.39, 0.29) is 19.1 Å². The van der Waals surface area contributed by atoms with E-state index in [0.29, 0.717) is 23.9 Å². The fourth-order valence-electron chi connectivity index (χ4n) is 8.10. The molecule has 8 nitrogen and oxygen atoms in total. The second-order valence-electron chi connectivity index (χ2n) is 20.6. The van der Waals surface area contributed by atoms with Crippen LogP contribution in [0, 0.1) is 0 Å². The summed E-state index contributed by atoms with van der Waals surface area (Å²) in [6.45, 7) is 4.68. The van der Waals surface area contributed by atoms with Gasteiger partial charge in [-0.05, 0) is 70.6 Å². The summed E-state index contributed by atoms with van der Waals surface area (Å²) in [5.74, 6) is -0.220. The van der Waals surface area contributed by atoms with Crippen LogP contribution in [0.25, 0.3) is 0 Å². The lowest BCUT2D eigenvalue weighted by atomic mass is 10.0. The van der Waals surface area contributed by atoms with Crippen molar-refractivity contribution in [3.63, 3.8) is 0 Å². The van der Waals surface area contributed by atoms with Gasteiger partial charge >= 0.3 is 7.82 Å². The first-order valence-corrected chi connectivity index (χ1v) is 30.5. The fourth-order valence-corrected chi connectivity index (χ4v) is 8.84. The van der Waals surface area contributed by atoms with E-state index in [1.807, 2.05) is 27.2 Å². The topological polar surface area (TPSA) is 105 Å². The van der Waals surface area contributed by atoms with Gasteiger partial charge in [0.1, 0.15) is 13.2 Å². The highest BCUT2D eigenvalue weighted by molar-refractivity contribution is 7.47. The summed E-state index contributed by atoms with van der Waals surface area (Å²) in [5, 5.41) is 13.9. The molecule has 0 aliphatic carbocycles. The molecule has 406 valence electrons. The molecule has 0 bridgehead atoms. The highest BCUT2D eigenvalue weighted by atomic mass is 31.2. The van der Waals surface area contributed by atoms with Crippen molar-refractivity contribution in [3.8, 4) is 0 Å². The number of aliphatic hydroxyl groups excluding tert-OH is 1. The average Bonchev–Trinajstić information content (AvgIpc) is 3.32. The number of quaternary nitrogens is 1. The summed E-state index contributed by atoms with van der Waals surface area (Å²) in [6.07, 6.45) is 72.6. The molecular weight excluding hydrogens is 888 g/mol. The van der Waals surface area contributed by atoms with Crippen molar-refractivity contribution in [2.75, 3.05) is 40.9 Å². The van der Waals surface area contributed by atoms with Gasteiger partial charge in [0.2, 0.25) is 5.91 Å². The van der Waals surface area contributed by atoms with Gasteiger partial charge in [0.25, 0.3) is 0 Å². The van der Waals surface area contributed by atoms with Crippen molar-refractivity contribution in [1.29, 1.82) is 0 Å². The first kappa shape index (κ1) is 67.7. The van der Waals surface area contributed by atoms with Gasteiger partial charge in [0.15, 0.2) is 0 Å². The molecule has 0 aliphatic rings. The molecule has 70 heavy (non-hydrogen) atoms. The minimum atomic E-state index is -4.37.